The van der Waals surface area contributed by atoms with Crippen LogP contribution in [0.1, 0.15) is 96.1 Å². The van der Waals surface area contributed by atoms with Crippen LogP contribution < -0.4 is 5.32 Å². The average molecular weight is 593 g/mol. The molecule has 2 aliphatic rings. The molecule has 42 heavy (non-hydrogen) atoms. The number of oxazole rings is 1. The number of hydrogen-bond donors (Lipinski definition) is 1. The topological polar surface area (TPSA) is 135 Å². The molecule has 1 amide bonds. The first-order valence-corrected chi connectivity index (χ1v) is 15.3. The van der Waals surface area contributed by atoms with Crippen molar-refractivity contribution in [3.63, 3.8) is 0 Å². The molecular formula is C31H48N2O9. The normalized spacial score (nSPS) is 26.1. The number of aromatic nitrogens is 1. The van der Waals surface area contributed by atoms with E-state index in [2.05, 4.69) is 35.0 Å². The van der Waals surface area contributed by atoms with E-state index >= 15 is 0 Å². The van der Waals surface area contributed by atoms with Crippen molar-refractivity contribution in [1.29, 1.82) is 0 Å². The third-order valence-corrected chi connectivity index (χ3v) is 7.55. The molecule has 2 aliphatic heterocycles. The van der Waals surface area contributed by atoms with Gasteiger partial charge in [0.1, 0.15) is 18.5 Å². The van der Waals surface area contributed by atoms with Gasteiger partial charge in [0, 0.05) is 45.8 Å². The quantitative estimate of drug-likeness (QED) is 0.144. The second-order valence-corrected chi connectivity index (χ2v) is 11.3. The Kier molecular flexibility index (Phi) is 14.3. The Morgan fingerprint density at radius 2 is 1.90 bits per heavy atom. The lowest BCUT2D eigenvalue weighted by molar-refractivity contribution is -0.165. The van der Waals surface area contributed by atoms with Crippen LogP contribution in [0, 0.1) is 0 Å². The number of aryl methyl sites for hydroxylation is 2. The van der Waals surface area contributed by atoms with Crippen molar-refractivity contribution in [2.75, 3.05) is 20.8 Å². The smallest absolute Gasteiger partial charge is 0.406 e. The zero-order chi connectivity index (χ0) is 30.3. The minimum atomic E-state index is -0.457. The van der Waals surface area contributed by atoms with Gasteiger partial charge < -0.3 is 33.4 Å². The van der Waals surface area contributed by atoms with E-state index in [9.17, 15) is 14.4 Å². The van der Waals surface area contributed by atoms with Crippen LogP contribution in [0.25, 0.3) is 0 Å². The van der Waals surface area contributed by atoms with Gasteiger partial charge in [0.05, 0.1) is 37.5 Å². The number of cyclic esters (lactones) is 1. The fourth-order valence-electron chi connectivity index (χ4n) is 5.51. The first kappa shape index (κ1) is 33.6. The molecule has 3 rings (SSSR count). The standard InChI is InChI=1S/C31H48N2O9/c1-5-9-23-16-24(37-3)14-21(2)15-25-17-26(18-27(40-25)19-30(35)41-23)42-29(34)12-7-6-10-22-20-39-28(33-22)11-8-13-32-31(36)38-4/h15,20,23-27H,5-14,16-19H2,1-4H3,(H,32,36)/b21-15-/t23-,24-,25+,26+,27+/m0/s1. The average Bonchev–Trinajstić information content (AvgIpc) is 3.39. The van der Waals surface area contributed by atoms with Gasteiger partial charge in [0.15, 0.2) is 5.89 Å². The molecule has 0 radical (unpaired) electrons. The van der Waals surface area contributed by atoms with Crippen molar-refractivity contribution in [3.8, 4) is 0 Å². The van der Waals surface area contributed by atoms with E-state index < -0.39 is 6.09 Å². The molecule has 0 unspecified atom stereocenters. The Balaban J connectivity index is 1.45. The molecular weight excluding hydrogens is 544 g/mol. The van der Waals surface area contributed by atoms with E-state index in [0.717, 1.165) is 37.0 Å². The molecule has 11 nitrogen and oxygen atoms in total. The fourth-order valence-corrected chi connectivity index (χ4v) is 5.51. The third-order valence-electron chi connectivity index (χ3n) is 7.55. The molecule has 0 saturated carbocycles. The summed E-state index contributed by atoms with van der Waals surface area (Å²) in [4.78, 5) is 41.0. The van der Waals surface area contributed by atoms with Crippen LogP contribution in [0.5, 0.6) is 0 Å². The summed E-state index contributed by atoms with van der Waals surface area (Å²) in [7, 11) is 3.02. The van der Waals surface area contributed by atoms with Gasteiger partial charge in [0.2, 0.25) is 0 Å². The number of rotatable bonds is 13. The molecule has 0 aliphatic carbocycles. The van der Waals surface area contributed by atoms with E-state index in [1.54, 1.807) is 13.4 Å². The summed E-state index contributed by atoms with van der Waals surface area (Å²) >= 11 is 0. The number of ether oxygens (including phenoxy) is 5. The Bertz CT molecular complexity index is 1020. The molecule has 5 atom stereocenters. The van der Waals surface area contributed by atoms with E-state index in [1.807, 2.05) is 0 Å². The van der Waals surface area contributed by atoms with Gasteiger partial charge >= 0.3 is 18.0 Å². The van der Waals surface area contributed by atoms with Crippen molar-refractivity contribution < 1.29 is 42.5 Å². The van der Waals surface area contributed by atoms with Gasteiger partial charge in [0.25, 0.3) is 0 Å². The first-order chi connectivity index (χ1) is 20.3. The highest BCUT2D eigenvalue weighted by Gasteiger charge is 2.34. The second-order valence-electron chi connectivity index (χ2n) is 11.3. The van der Waals surface area contributed by atoms with Crippen LogP contribution in [0.4, 0.5) is 4.79 Å². The Hall–Kier alpha value is -2.92. The van der Waals surface area contributed by atoms with Crippen molar-refractivity contribution >= 4 is 18.0 Å². The van der Waals surface area contributed by atoms with E-state index in [4.69, 9.17) is 23.4 Å². The van der Waals surface area contributed by atoms with Crippen LogP contribution in [-0.4, -0.2) is 74.3 Å². The maximum Gasteiger partial charge on any atom is 0.406 e. The van der Waals surface area contributed by atoms with Crippen LogP contribution in [-0.2, 0) is 46.1 Å². The summed E-state index contributed by atoms with van der Waals surface area (Å²) in [5.74, 6) is 0.0943. The van der Waals surface area contributed by atoms with Gasteiger partial charge in [-0.3, -0.25) is 9.59 Å². The highest BCUT2D eigenvalue weighted by Crippen LogP contribution is 2.29. The number of amides is 1. The molecule has 1 aromatic rings. The van der Waals surface area contributed by atoms with Gasteiger partial charge in [-0.1, -0.05) is 25.0 Å². The second kappa shape index (κ2) is 17.9. The van der Waals surface area contributed by atoms with E-state index in [1.165, 1.54) is 7.11 Å². The van der Waals surface area contributed by atoms with Crippen LogP contribution in [0.3, 0.4) is 0 Å². The molecule has 1 N–H and O–H groups in total. The van der Waals surface area contributed by atoms with E-state index in [0.29, 0.717) is 63.8 Å². The minimum absolute atomic E-state index is 0.0442. The van der Waals surface area contributed by atoms with Crippen LogP contribution in [0.15, 0.2) is 22.3 Å². The summed E-state index contributed by atoms with van der Waals surface area (Å²) in [5.41, 5.74) is 1.99. The zero-order valence-electron chi connectivity index (χ0n) is 25.6. The largest absolute Gasteiger partial charge is 0.462 e. The van der Waals surface area contributed by atoms with Crippen LogP contribution in [0.2, 0.25) is 0 Å². The number of esters is 2. The molecule has 0 aromatic carbocycles. The summed E-state index contributed by atoms with van der Waals surface area (Å²) in [5, 5.41) is 2.62. The maximum atomic E-state index is 12.8. The number of hydrogen-bond acceptors (Lipinski definition) is 10. The first-order valence-electron chi connectivity index (χ1n) is 15.3. The minimum Gasteiger partial charge on any atom is -0.462 e. The number of nitrogens with zero attached hydrogens (tertiary/aromatic N) is 1. The number of carbonyl (C=O) groups excluding carboxylic acids is 3. The summed E-state index contributed by atoms with van der Waals surface area (Å²) in [6.07, 6.45) is 10.1. The lowest BCUT2D eigenvalue weighted by atomic mass is 9.95. The number of fused-ring (bicyclic) bond motifs is 2. The number of unbranched alkanes of at least 4 members (excludes halogenated alkanes) is 1. The monoisotopic (exact) mass is 592 g/mol. The summed E-state index contributed by atoms with van der Waals surface area (Å²) in [6, 6.07) is 0. The van der Waals surface area contributed by atoms with Crippen molar-refractivity contribution in [2.45, 2.75) is 128 Å². The lowest BCUT2D eigenvalue weighted by Crippen LogP contribution is -2.39. The molecule has 1 fully saturated rings. The third kappa shape index (κ3) is 12.1. The number of nitrogens with one attached hydrogen (secondary N) is 1. The Labute approximate surface area is 249 Å². The van der Waals surface area contributed by atoms with Crippen LogP contribution >= 0.6 is 0 Å². The summed E-state index contributed by atoms with van der Waals surface area (Å²) < 4.78 is 33.6. The molecule has 0 spiro atoms. The SMILES string of the molecule is CCC[C@H]1C[C@@H](OC)C/C(C)=C\[C@@H]2C[C@@H](OC(=O)CCCCc3coc(CCCNC(=O)OC)n3)C[C@H](CC(=O)O1)O2. The highest BCUT2D eigenvalue weighted by molar-refractivity contribution is 5.70. The molecule has 11 heteroatoms. The van der Waals surface area contributed by atoms with Crippen molar-refractivity contribution in [2.24, 2.45) is 0 Å². The molecule has 3 heterocycles. The number of carbonyl (C=O) groups is 3. The highest BCUT2D eigenvalue weighted by atomic mass is 16.6. The lowest BCUT2D eigenvalue weighted by Gasteiger charge is -2.35. The van der Waals surface area contributed by atoms with Gasteiger partial charge in [-0.05, 0) is 45.4 Å². The zero-order valence-corrected chi connectivity index (χ0v) is 25.6. The van der Waals surface area contributed by atoms with Gasteiger partial charge in [-0.2, -0.15) is 0 Å². The molecule has 1 aromatic heterocycles. The number of alkyl carbamates (subject to hydrolysis) is 1. The summed E-state index contributed by atoms with van der Waals surface area (Å²) in [6.45, 7) is 4.62. The van der Waals surface area contributed by atoms with Crippen molar-refractivity contribution in [3.05, 3.63) is 29.5 Å². The maximum absolute atomic E-state index is 12.8. The Morgan fingerprint density at radius 3 is 2.67 bits per heavy atom. The Morgan fingerprint density at radius 1 is 1.07 bits per heavy atom. The van der Waals surface area contributed by atoms with Gasteiger partial charge in [-0.15, -0.1) is 0 Å². The predicted molar refractivity (Wildman–Crippen MR) is 154 cm³/mol. The molecule has 236 valence electrons. The van der Waals surface area contributed by atoms with Crippen molar-refractivity contribution in [1.82, 2.24) is 10.3 Å². The van der Waals surface area contributed by atoms with E-state index in [-0.39, 0.29) is 48.9 Å². The number of methoxy groups -OCH3 is 2. The molecule has 2 bridgehead atoms. The predicted octanol–water partition coefficient (Wildman–Crippen LogP) is 4.99. The van der Waals surface area contributed by atoms with Gasteiger partial charge in [-0.25, -0.2) is 9.78 Å². The molecule has 1 saturated heterocycles. The fraction of sp³-hybridized carbons (Fsp3) is 0.742.